The molecule has 0 atom stereocenters. The summed E-state index contributed by atoms with van der Waals surface area (Å²) in [7, 11) is 0. The highest BCUT2D eigenvalue weighted by Gasteiger charge is 2.32. The summed E-state index contributed by atoms with van der Waals surface area (Å²) in [6.45, 7) is 6.14. The van der Waals surface area contributed by atoms with Gasteiger partial charge in [0.2, 0.25) is 0 Å². The average Bonchev–Trinajstić information content (AvgIpc) is 2.79. The molecule has 0 aliphatic carbocycles. The Morgan fingerprint density at radius 3 is 2.56 bits per heavy atom. The Kier molecular flexibility index (Phi) is 8.34. The summed E-state index contributed by atoms with van der Waals surface area (Å²) in [5.41, 5.74) is 1.26. The van der Waals surface area contributed by atoms with Gasteiger partial charge in [-0.2, -0.15) is 0 Å². The lowest BCUT2D eigenvalue weighted by Gasteiger charge is -2.27. The van der Waals surface area contributed by atoms with Gasteiger partial charge >= 0.3 is 0 Å². The van der Waals surface area contributed by atoms with Crippen molar-refractivity contribution >= 4 is 63.5 Å². The molecule has 2 aromatic carbocycles. The highest BCUT2D eigenvalue weighted by molar-refractivity contribution is 14.1. The van der Waals surface area contributed by atoms with Crippen molar-refractivity contribution in [3.8, 4) is 11.5 Å². The molecule has 1 fully saturated rings. The number of non-ortho nitro benzene ring substituents is 1. The standard InChI is InChI=1S/C23H20IN3O6S/c1-3-9-26-22(29)17(21(28)25-23(26)34)10-15-11-18(24)20(19(12-15)32-4-2)33-13-14-5-7-16(8-6-14)27(30)31/h3,5-8,10-12H,1,4,9,13H2,2H3,(H,25,28,34)/b17-10+. The summed E-state index contributed by atoms with van der Waals surface area (Å²) < 4.78 is 12.4. The maximum Gasteiger partial charge on any atom is 0.269 e. The van der Waals surface area contributed by atoms with E-state index in [1.165, 1.54) is 29.2 Å². The summed E-state index contributed by atoms with van der Waals surface area (Å²) in [6, 6.07) is 9.50. The monoisotopic (exact) mass is 593 g/mol. The number of hydrogen-bond acceptors (Lipinski definition) is 7. The molecule has 9 nitrogen and oxygen atoms in total. The van der Waals surface area contributed by atoms with E-state index in [0.29, 0.717) is 27.2 Å². The first-order valence-corrected chi connectivity index (χ1v) is 11.6. The van der Waals surface area contributed by atoms with Crippen LogP contribution in [0.4, 0.5) is 5.69 Å². The molecule has 34 heavy (non-hydrogen) atoms. The lowest BCUT2D eigenvalue weighted by molar-refractivity contribution is -0.384. The molecular weight excluding hydrogens is 573 g/mol. The molecule has 1 aliphatic heterocycles. The molecular formula is C23H20IN3O6S. The molecule has 176 valence electrons. The van der Waals surface area contributed by atoms with Gasteiger partial charge in [0.25, 0.3) is 17.5 Å². The average molecular weight is 593 g/mol. The zero-order valence-corrected chi connectivity index (χ0v) is 21.1. The third-order valence-corrected chi connectivity index (χ3v) is 5.79. The number of nitro benzene ring substituents is 1. The van der Waals surface area contributed by atoms with E-state index < -0.39 is 16.7 Å². The second kappa shape index (κ2) is 11.2. The van der Waals surface area contributed by atoms with Gasteiger partial charge in [-0.15, -0.1) is 6.58 Å². The molecule has 1 N–H and O–H groups in total. The van der Waals surface area contributed by atoms with Crippen molar-refractivity contribution in [1.82, 2.24) is 10.2 Å². The van der Waals surface area contributed by atoms with E-state index in [-0.39, 0.29) is 29.5 Å². The first-order valence-electron chi connectivity index (χ1n) is 10.1. The van der Waals surface area contributed by atoms with E-state index >= 15 is 0 Å². The smallest absolute Gasteiger partial charge is 0.269 e. The number of carbonyl (C=O) groups excluding carboxylic acids is 2. The van der Waals surface area contributed by atoms with Gasteiger partial charge in [0.05, 0.1) is 15.1 Å². The minimum Gasteiger partial charge on any atom is -0.490 e. The zero-order valence-electron chi connectivity index (χ0n) is 18.1. The first-order chi connectivity index (χ1) is 16.2. The van der Waals surface area contributed by atoms with Crippen LogP contribution in [0, 0.1) is 13.7 Å². The number of nitro groups is 1. The molecule has 1 aliphatic rings. The van der Waals surface area contributed by atoms with E-state index in [0.717, 1.165) is 5.56 Å². The molecule has 1 saturated heterocycles. The Balaban J connectivity index is 1.88. The molecule has 0 unspecified atom stereocenters. The van der Waals surface area contributed by atoms with Crippen LogP contribution in [0.3, 0.4) is 0 Å². The zero-order chi connectivity index (χ0) is 24.8. The van der Waals surface area contributed by atoms with Crippen molar-refractivity contribution in [1.29, 1.82) is 0 Å². The fourth-order valence-electron chi connectivity index (χ4n) is 3.10. The molecule has 0 radical (unpaired) electrons. The van der Waals surface area contributed by atoms with Gasteiger partial charge in [0, 0.05) is 18.7 Å². The van der Waals surface area contributed by atoms with Crippen LogP contribution in [0.1, 0.15) is 18.1 Å². The second-order valence-electron chi connectivity index (χ2n) is 7.00. The van der Waals surface area contributed by atoms with Crippen LogP contribution in [0.25, 0.3) is 6.08 Å². The fraction of sp³-hybridized carbons (Fsp3) is 0.174. The predicted octanol–water partition coefficient (Wildman–Crippen LogP) is 3.99. The molecule has 0 spiro atoms. The van der Waals surface area contributed by atoms with Gasteiger partial charge in [0.15, 0.2) is 16.6 Å². The number of thiocarbonyl (C=S) groups is 1. The summed E-state index contributed by atoms with van der Waals surface area (Å²) in [5, 5.41) is 13.4. The van der Waals surface area contributed by atoms with E-state index in [1.807, 2.05) is 6.92 Å². The van der Waals surface area contributed by atoms with Crippen molar-refractivity contribution < 1.29 is 24.0 Å². The Labute approximate surface area is 214 Å². The lowest BCUT2D eigenvalue weighted by Crippen LogP contribution is -2.53. The van der Waals surface area contributed by atoms with Crippen LogP contribution in [-0.4, -0.2) is 39.9 Å². The molecule has 2 aromatic rings. The van der Waals surface area contributed by atoms with Gasteiger partial charge in [-0.05, 0) is 83.2 Å². The van der Waals surface area contributed by atoms with Gasteiger partial charge in [-0.3, -0.25) is 29.9 Å². The van der Waals surface area contributed by atoms with Gasteiger partial charge < -0.3 is 9.47 Å². The number of halogens is 1. The maximum atomic E-state index is 12.8. The van der Waals surface area contributed by atoms with E-state index in [1.54, 1.807) is 24.3 Å². The predicted molar refractivity (Wildman–Crippen MR) is 138 cm³/mol. The van der Waals surface area contributed by atoms with E-state index in [9.17, 15) is 19.7 Å². The second-order valence-corrected chi connectivity index (χ2v) is 8.55. The lowest BCUT2D eigenvalue weighted by atomic mass is 10.1. The van der Waals surface area contributed by atoms with Crippen molar-refractivity contribution in [3.63, 3.8) is 0 Å². The number of benzene rings is 2. The Morgan fingerprint density at radius 1 is 1.24 bits per heavy atom. The Hall–Kier alpha value is -3.32. The van der Waals surface area contributed by atoms with Crippen molar-refractivity contribution in [3.05, 3.63) is 79.4 Å². The molecule has 3 rings (SSSR count). The summed E-state index contributed by atoms with van der Waals surface area (Å²) in [4.78, 5) is 36.8. The quantitative estimate of drug-likeness (QED) is 0.0891. The third-order valence-electron chi connectivity index (χ3n) is 4.67. The Bertz CT molecular complexity index is 1200. The van der Waals surface area contributed by atoms with E-state index in [4.69, 9.17) is 21.7 Å². The van der Waals surface area contributed by atoms with Crippen molar-refractivity contribution in [2.45, 2.75) is 13.5 Å². The molecule has 1 heterocycles. The van der Waals surface area contributed by atoms with Gasteiger partial charge in [-0.1, -0.05) is 6.08 Å². The SMILES string of the molecule is C=CCN1C(=O)/C(=C/c2cc(I)c(OCc3ccc([N+](=O)[O-])cc3)c(OCC)c2)C(=O)NC1=S. The third kappa shape index (κ3) is 5.78. The van der Waals surface area contributed by atoms with Gasteiger partial charge in [0.1, 0.15) is 12.2 Å². The maximum absolute atomic E-state index is 12.8. The highest BCUT2D eigenvalue weighted by Crippen LogP contribution is 2.36. The number of hydrogen-bond donors (Lipinski definition) is 1. The number of amides is 2. The first kappa shape index (κ1) is 25.3. The number of carbonyl (C=O) groups is 2. The minimum atomic E-state index is -0.582. The van der Waals surface area contributed by atoms with Gasteiger partial charge in [-0.25, -0.2) is 0 Å². The summed E-state index contributed by atoms with van der Waals surface area (Å²) in [5.74, 6) is -0.177. The number of rotatable bonds is 9. The molecule has 2 amide bonds. The normalized spacial score (nSPS) is 14.7. The number of ether oxygens (including phenoxy) is 2. The van der Waals surface area contributed by atoms with Crippen molar-refractivity contribution in [2.24, 2.45) is 0 Å². The minimum absolute atomic E-state index is 0.000517. The number of nitrogens with zero attached hydrogens (tertiary/aromatic N) is 2. The topological polar surface area (TPSA) is 111 Å². The molecule has 0 saturated carbocycles. The Morgan fingerprint density at radius 2 is 1.94 bits per heavy atom. The van der Waals surface area contributed by atoms with Crippen molar-refractivity contribution in [2.75, 3.05) is 13.2 Å². The van der Waals surface area contributed by atoms with Crippen LogP contribution in [-0.2, 0) is 16.2 Å². The molecule has 0 bridgehead atoms. The van der Waals surface area contributed by atoms with Crippen LogP contribution in [0.2, 0.25) is 0 Å². The number of nitrogens with one attached hydrogen (secondary N) is 1. The van der Waals surface area contributed by atoms with Crippen LogP contribution >= 0.6 is 34.8 Å². The highest BCUT2D eigenvalue weighted by atomic mass is 127. The fourth-order valence-corrected chi connectivity index (χ4v) is 4.13. The molecule has 11 heteroatoms. The van der Waals surface area contributed by atoms with E-state index in [2.05, 4.69) is 34.5 Å². The van der Waals surface area contributed by atoms with Crippen LogP contribution < -0.4 is 14.8 Å². The van der Waals surface area contributed by atoms with Crippen LogP contribution in [0.15, 0.2) is 54.6 Å². The summed E-state index contributed by atoms with van der Waals surface area (Å²) >= 11 is 7.15. The largest absolute Gasteiger partial charge is 0.490 e. The van der Waals surface area contributed by atoms with Crippen LogP contribution in [0.5, 0.6) is 11.5 Å². The molecule has 0 aromatic heterocycles. The summed E-state index contributed by atoms with van der Waals surface area (Å²) in [6.07, 6.45) is 2.99.